The topological polar surface area (TPSA) is 26.3 Å². The van der Waals surface area contributed by atoms with Crippen LogP contribution in [0, 0.1) is 33.0 Å². The first kappa shape index (κ1) is 19.8. The van der Waals surface area contributed by atoms with E-state index < -0.39 is 0 Å². The van der Waals surface area contributed by atoms with Gasteiger partial charge in [-0.1, -0.05) is 55.4 Å². The number of hydrogen-bond donors (Lipinski definition) is 0. The second-order valence-corrected chi connectivity index (χ2v) is 11.2. The molecule has 5 atom stereocenters. The average molecular weight is 337 g/mol. The summed E-state index contributed by atoms with van der Waals surface area (Å²) in [5, 5.41) is 0. The van der Waals surface area contributed by atoms with Gasteiger partial charge in [0.15, 0.2) is 0 Å². The van der Waals surface area contributed by atoms with Crippen molar-refractivity contribution in [3.63, 3.8) is 0 Å². The molecule has 0 aromatic carbocycles. The van der Waals surface area contributed by atoms with Gasteiger partial charge in [0.25, 0.3) is 0 Å². The van der Waals surface area contributed by atoms with Crippen LogP contribution in [0.2, 0.25) is 0 Å². The third-order valence-electron chi connectivity index (χ3n) is 8.87. The van der Waals surface area contributed by atoms with Crippen LogP contribution in [0.3, 0.4) is 0 Å². The molecule has 0 amide bonds. The zero-order chi connectivity index (χ0) is 18.8. The Kier molecular flexibility index (Phi) is 4.52. The summed E-state index contributed by atoms with van der Waals surface area (Å²) in [4.78, 5) is 12.9. The van der Waals surface area contributed by atoms with Crippen molar-refractivity contribution < 1.29 is 9.53 Å². The molecule has 24 heavy (non-hydrogen) atoms. The normalized spacial score (nSPS) is 42.7. The maximum Gasteiger partial charge on any atom is 0.312 e. The lowest BCUT2D eigenvalue weighted by atomic mass is 9.64. The highest BCUT2D eigenvalue weighted by Crippen LogP contribution is 2.72. The van der Waals surface area contributed by atoms with E-state index in [-0.39, 0.29) is 33.7 Å². The van der Waals surface area contributed by atoms with Gasteiger partial charge < -0.3 is 4.74 Å². The fraction of sp³-hybridized carbons (Fsp3) is 0.955. The van der Waals surface area contributed by atoms with E-state index in [4.69, 9.17) is 4.74 Å². The lowest BCUT2D eigenvalue weighted by Crippen LogP contribution is -2.38. The molecule has 2 rings (SSSR count). The Hall–Kier alpha value is -0.530. The monoisotopic (exact) mass is 336 g/mol. The molecule has 2 heteroatoms. The van der Waals surface area contributed by atoms with Crippen molar-refractivity contribution in [2.24, 2.45) is 33.0 Å². The van der Waals surface area contributed by atoms with E-state index in [1.165, 1.54) is 12.8 Å². The molecule has 0 heterocycles. The molecule has 0 aromatic rings. The van der Waals surface area contributed by atoms with Crippen LogP contribution in [-0.4, -0.2) is 12.1 Å². The summed E-state index contributed by atoms with van der Waals surface area (Å²) in [5.74, 6) is 0.746. The van der Waals surface area contributed by atoms with Crippen molar-refractivity contribution in [2.45, 2.75) is 101 Å². The third kappa shape index (κ3) is 2.72. The third-order valence-corrected chi connectivity index (χ3v) is 8.87. The van der Waals surface area contributed by atoms with Crippen molar-refractivity contribution in [3.8, 4) is 0 Å². The SMILES string of the molecule is CC(CC1(C)CCC(C)C1(C)C)OC(=O)C1(C)CC1(C)C(C)(C)C. The minimum atomic E-state index is -0.321. The summed E-state index contributed by atoms with van der Waals surface area (Å²) >= 11 is 0. The quantitative estimate of drug-likeness (QED) is 0.568. The highest BCUT2D eigenvalue weighted by molar-refractivity contribution is 5.81. The first-order valence-electron chi connectivity index (χ1n) is 9.82. The highest BCUT2D eigenvalue weighted by Gasteiger charge is 2.71. The van der Waals surface area contributed by atoms with Crippen LogP contribution >= 0.6 is 0 Å². The van der Waals surface area contributed by atoms with E-state index >= 15 is 0 Å². The van der Waals surface area contributed by atoms with Gasteiger partial charge in [0.05, 0.1) is 11.5 Å². The molecule has 2 saturated carbocycles. The van der Waals surface area contributed by atoms with Crippen LogP contribution in [0.1, 0.15) is 94.9 Å². The van der Waals surface area contributed by atoms with Crippen LogP contribution in [0.4, 0.5) is 0 Å². The summed E-state index contributed by atoms with van der Waals surface area (Å²) in [6.45, 7) is 22.6. The Morgan fingerprint density at radius 3 is 2.08 bits per heavy atom. The first-order valence-corrected chi connectivity index (χ1v) is 9.82. The van der Waals surface area contributed by atoms with E-state index in [2.05, 4.69) is 69.2 Å². The summed E-state index contributed by atoms with van der Waals surface area (Å²) in [6.07, 6.45) is 4.42. The van der Waals surface area contributed by atoms with Crippen LogP contribution < -0.4 is 0 Å². The van der Waals surface area contributed by atoms with Gasteiger partial charge in [-0.15, -0.1) is 0 Å². The van der Waals surface area contributed by atoms with Crippen molar-refractivity contribution >= 4 is 5.97 Å². The lowest BCUT2D eigenvalue weighted by molar-refractivity contribution is -0.159. The van der Waals surface area contributed by atoms with Crippen LogP contribution in [0.25, 0.3) is 0 Å². The van der Waals surface area contributed by atoms with E-state index in [0.29, 0.717) is 5.41 Å². The average Bonchev–Trinajstić information content (AvgIpc) is 2.94. The van der Waals surface area contributed by atoms with Gasteiger partial charge in [0, 0.05) is 0 Å². The van der Waals surface area contributed by atoms with Crippen LogP contribution in [0.15, 0.2) is 0 Å². The van der Waals surface area contributed by atoms with E-state index in [9.17, 15) is 4.79 Å². The summed E-state index contributed by atoms with van der Waals surface area (Å²) < 4.78 is 5.98. The second-order valence-electron chi connectivity index (χ2n) is 11.2. The van der Waals surface area contributed by atoms with E-state index in [0.717, 1.165) is 18.8 Å². The zero-order valence-corrected chi connectivity index (χ0v) is 17.8. The molecule has 0 saturated heterocycles. The van der Waals surface area contributed by atoms with Crippen molar-refractivity contribution in [1.82, 2.24) is 0 Å². The van der Waals surface area contributed by atoms with Gasteiger partial charge in [0.1, 0.15) is 0 Å². The second kappa shape index (κ2) is 5.48. The Balaban J connectivity index is 2.02. The number of carbonyl (C=O) groups excluding carboxylic acids is 1. The minimum absolute atomic E-state index is 0.00582. The molecule has 2 fully saturated rings. The largest absolute Gasteiger partial charge is 0.462 e. The molecule has 0 radical (unpaired) electrons. The molecular weight excluding hydrogens is 296 g/mol. The number of esters is 1. The Labute approximate surface area is 150 Å². The minimum Gasteiger partial charge on any atom is -0.462 e. The standard InChI is InChI=1S/C22H40O2/c1-15-11-12-20(8,19(15,6)7)13-16(2)24-17(23)21(9)14-22(21,10)18(3,4)5/h15-16H,11-14H2,1-10H3. The van der Waals surface area contributed by atoms with Gasteiger partial charge in [-0.05, 0) is 67.1 Å². The van der Waals surface area contributed by atoms with Crippen LogP contribution in [-0.2, 0) is 9.53 Å². The fourth-order valence-corrected chi connectivity index (χ4v) is 5.22. The number of carbonyl (C=O) groups is 1. The van der Waals surface area contributed by atoms with Gasteiger partial charge >= 0.3 is 5.97 Å². The summed E-state index contributed by atoms with van der Waals surface area (Å²) in [6, 6.07) is 0. The van der Waals surface area contributed by atoms with Crippen molar-refractivity contribution in [1.29, 1.82) is 0 Å². The molecule has 2 aliphatic carbocycles. The van der Waals surface area contributed by atoms with Gasteiger partial charge in [0.2, 0.25) is 0 Å². The van der Waals surface area contributed by atoms with Crippen molar-refractivity contribution in [3.05, 3.63) is 0 Å². The smallest absolute Gasteiger partial charge is 0.312 e. The molecule has 0 N–H and O–H groups in total. The molecule has 2 nitrogen and oxygen atoms in total. The maximum atomic E-state index is 12.9. The molecular formula is C22H40O2. The maximum absolute atomic E-state index is 12.9. The molecule has 2 aliphatic rings. The lowest BCUT2D eigenvalue weighted by Gasteiger charge is -2.42. The van der Waals surface area contributed by atoms with Gasteiger partial charge in [-0.25, -0.2) is 0 Å². The van der Waals surface area contributed by atoms with Gasteiger partial charge in [-0.3, -0.25) is 4.79 Å². The first-order chi connectivity index (χ1) is 10.6. The Bertz CT molecular complexity index is 515. The summed E-state index contributed by atoms with van der Waals surface area (Å²) in [5.41, 5.74) is 0.403. The molecule has 5 unspecified atom stereocenters. The number of ether oxygens (including phenoxy) is 1. The Morgan fingerprint density at radius 1 is 1.17 bits per heavy atom. The van der Waals surface area contributed by atoms with E-state index in [1.54, 1.807) is 0 Å². The molecule has 0 aliphatic heterocycles. The van der Waals surface area contributed by atoms with Crippen molar-refractivity contribution in [2.75, 3.05) is 0 Å². The Morgan fingerprint density at radius 2 is 1.71 bits per heavy atom. The predicted octanol–water partition coefficient (Wildman–Crippen LogP) is 6.23. The molecule has 140 valence electrons. The zero-order valence-electron chi connectivity index (χ0n) is 17.8. The highest BCUT2D eigenvalue weighted by atomic mass is 16.5. The summed E-state index contributed by atoms with van der Waals surface area (Å²) in [7, 11) is 0. The number of hydrogen-bond acceptors (Lipinski definition) is 2. The molecule has 0 aromatic heterocycles. The molecule has 0 bridgehead atoms. The number of rotatable bonds is 4. The molecule has 0 spiro atoms. The van der Waals surface area contributed by atoms with E-state index in [1.807, 2.05) is 0 Å². The van der Waals surface area contributed by atoms with Gasteiger partial charge in [-0.2, -0.15) is 0 Å². The van der Waals surface area contributed by atoms with Crippen LogP contribution in [0.5, 0.6) is 0 Å². The fourth-order valence-electron chi connectivity index (χ4n) is 5.22. The predicted molar refractivity (Wildman–Crippen MR) is 101 cm³/mol.